The fraction of sp³-hybridized carbons (Fsp3) is 0.231. The number of thiophene rings is 1. The van der Waals surface area contributed by atoms with E-state index in [1.165, 1.54) is 29.9 Å². The van der Waals surface area contributed by atoms with Crippen LogP contribution in [0.2, 0.25) is 0 Å². The number of rotatable bonds is 7. The molecule has 4 rings (SSSR count). The third-order valence-corrected chi connectivity index (χ3v) is 6.32. The molecule has 1 aromatic heterocycles. The van der Waals surface area contributed by atoms with Crippen LogP contribution in [-0.4, -0.2) is 24.9 Å². The van der Waals surface area contributed by atoms with Gasteiger partial charge in [0.15, 0.2) is 0 Å². The van der Waals surface area contributed by atoms with Crippen LogP contribution in [0.5, 0.6) is 0 Å². The third kappa shape index (κ3) is 5.65. The summed E-state index contributed by atoms with van der Waals surface area (Å²) in [5.74, 6) is -0.625. The Morgan fingerprint density at radius 3 is 2.38 bits per heavy atom. The number of carbonyl (C=O) groups is 2. The van der Waals surface area contributed by atoms with Gasteiger partial charge in [-0.1, -0.05) is 35.9 Å². The number of nitrogens with zero attached hydrogens (tertiary/aromatic N) is 1. The van der Waals surface area contributed by atoms with Crippen molar-refractivity contribution in [2.45, 2.75) is 26.3 Å². The van der Waals surface area contributed by atoms with Crippen LogP contribution in [0, 0.1) is 6.92 Å². The molecule has 1 fully saturated rings. The van der Waals surface area contributed by atoms with Crippen molar-refractivity contribution in [2.24, 2.45) is 0 Å². The summed E-state index contributed by atoms with van der Waals surface area (Å²) < 4.78 is 0. The Morgan fingerprint density at radius 2 is 1.72 bits per heavy atom. The molecular formula is C26H27N3O2S. The Balaban J connectivity index is 1.43. The second-order valence-corrected chi connectivity index (χ2v) is 8.92. The fourth-order valence-corrected chi connectivity index (χ4v) is 4.31. The van der Waals surface area contributed by atoms with E-state index in [0.717, 1.165) is 29.1 Å². The fourth-order valence-electron chi connectivity index (χ4n) is 3.65. The average molecular weight is 446 g/mol. The summed E-state index contributed by atoms with van der Waals surface area (Å²) >= 11 is 1.51. The van der Waals surface area contributed by atoms with Crippen LogP contribution in [0.4, 0.5) is 5.69 Å². The first kappa shape index (κ1) is 21.8. The molecule has 0 atom stereocenters. The van der Waals surface area contributed by atoms with Crippen LogP contribution in [-0.2, 0) is 11.3 Å². The van der Waals surface area contributed by atoms with Gasteiger partial charge in [0.1, 0.15) is 5.70 Å². The molecule has 6 heteroatoms. The summed E-state index contributed by atoms with van der Waals surface area (Å²) in [4.78, 5) is 28.9. The first-order valence-electron chi connectivity index (χ1n) is 10.8. The average Bonchev–Trinajstić information content (AvgIpc) is 3.52. The van der Waals surface area contributed by atoms with Crippen molar-refractivity contribution in [3.05, 3.63) is 93.3 Å². The molecule has 1 aliphatic rings. The number of benzene rings is 2. The highest BCUT2D eigenvalue weighted by Gasteiger charge is 2.15. The lowest BCUT2D eigenvalue weighted by Gasteiger charge is -2.18. The maximum absolute atomic E-state index is 12.9. The second-order valence-electron chi connectivity index (χ2n) is 7.94. The van der Waals surface area contributed by atoms with E-state index in [1.807, 2.05) is 48.7 Å². The molecule has 1 saturated heterocycles. The second kappa shape index (κ2) is 10.3. The molecule has 0 bridgehead atoms. The number of hydrogen-bond acceptors (Lipinski definition) is 4. The minimum absolute atomic E-state index is 0.228. The van der Waals surface area contributed by atoms with E-state index in [0.29, 0.717) is 12.1 Å². The molecule has 0 radical (unpaired) electrons. The summed E-state index contributed by atoms with van der Waals surface area (Å²) in [6.07, 6.45) is 4.19. The van der Waals surface area contributed by atoms with Crippen LogP contribution in [0.3, 0.4) is 0 Å². The zero-order valence-electron chi connectivity index (χ0n) is 18.1. The number of carbonyl (C=O) groups excluding carboxylic acids is 2. The number of hydrogen-bond donors (Lipinski definition) is 2. The Hall–Kier alpha value is -3.38. The van der Waals surface area contributed by atoms with Crippen LogP contribution >= 0.6 is 11.3 Å². The quantitative estimate of drug-likeness (QED) is 0.516. The summed E-state index contributed by atoms with van der Waals surface area (Å²) in [7, 11) is 0. The Bertz CT molecular complexity index is 1080. The molecule has 5 nitrogen and oxygen atoms in total. The first-order valence-corrected chi connectivity index (χ1v) is 11.7. The summed E-state index contributed by atoms with van der Waals surface area (Å²) in [5, 5.41) is 7.65. The van der Waals surface area contributed by atoms with Gasteiger partial charge in [-0.25, -0.2) is 0 Å². The minimum atomic E-state index is -0.317. The van der Waals surface area contributed by atoms with Crippen molar-refractivity contribution >= 4 is 34.9 Å². The zero-order chi connectivity index (χ0) is 22.3. The predicted molar refractivity (Wildman–Crippen MR) is 131 cm³/mol. The third-order valence-electron chi connectivity index (χ3n) is 5.50. The van der Waals surface area contributed by atoms with Gasteiger partial charge in [0, 0.05) is 35.8 Å². The van der Waals surface area contributed by atoms with E-state index in [4.69, 9.17) is 0 Å². The number of nitrogens with one attached hydrogen (secondary N) is 2. The van der Waals surface area contributed by atoms with E-state index >= 15 is 0 Å². The van der Waals surface area contributed by atoms with Crippen LogP contribution in [0.15, 0.2) is 71.7 Å². The van der Waals surface area contributed by atoms with Crippen LogP contribution in [0.1, 0.15) is 39.2 Å². The van der Waals surface area contributed by atoms with Gasteiger partial charge >= 0.3 is 0 Å². The molecule has 0 spiro atoms. The highest BCUT2D eigenvalue weighted by Crippen LogP contribution is 2.20. The van der Waals surface area contributed by atoms with Gasteiger partial charge < -0.3 is 15.5 Å². The predicted octanol–water partition coefficient (Wildman–Crippen LogP) is 4.74. The molecule has 1 aliphatic heterocycles. The van der Waals surface area contributed by atoms with Gasteiger partial charge in [0.05, 0.1) is 0 Å². The van der Waals surface area contributed by atoms with E-state index in [2.05, 4.69) is 27.7 Å². The molecule has 2 amide bonds. The normalized spacial score (nSPS) is 13.8. The first-order chi connectivity index (χ1) is 15.6. The molecule has 0 aliphatic carbocycles. The van der Waals surface area contributed by atoms with Crippen molar-refractivity contribution in [1.82, 2.24) is 10.6 Å². The molecule has 2 N–H and O–H groups in total. The van der Waals surface area contributed by atoms with Gasteiger partial charge in [-0.2, -0.15) is 0 Å². The molecule has 0 unspecified atom stereocenters. The molecule has 2 aromatic carbocycles. The molecule has 0 saturated carbocycles. The van der Waals surface area contributed by atoms with Gasteiger partial charge in [-0.3, -0.25) is 9.59 Å². The lowest BCUT2D eigenvalue weighted by Crippen LogP contribution is -2.34. The highest BCUT2D eigenvalue weighted by atomic mass is 32.1. The van der Waals surface area contributed by atoms with Crippen molar-refractivity contribution in [3.63, 3.8) is 0 Å². The molecule has 32 heavy (non-hydrogen) atoms. The SMILES string of the molecule is Cc1ccc(C(=O)N/C(=C\c2cccs2)C(=O)NCc2ccc(N3CCCC3)cc2)cc1. The Morgan fingerprint density at radius 1 is 1.00 bits per heavy atom. The van der Waals surface area contributed by atoms with E-state index in [-0.39, 0.29) is 17.5 Å². The van der Waals surface area contributed by atoms with Crippen molar-refractivity contribution in [1.29, 1.82) is 0 Å². The van der Waals surface area contributed by atoms with Gasteiger partial charge in [-0.15, -0.1) is 11.3 Å². The zero-order valence-corrected chi connectivity index (χ0v) is 19.0. The Labute approximate surface area is 192 Å². The van der Waals surface area contributed by atoms with Crippen molar-refractivity contribution in [3.8, 4) is 0 Å². The van der Waals surface area contributed by atoms with E-state index in [9.17, 15) is 9.59 Å². The number of amides is 2. The number of aryl methyl sites for hydroxylation is 1. The highest BCUT2D eigenvalue weighted by molar-refractivity contribution is 7.10. The molecular weight excluding hydrogens is 418 g/mol. The molecule has 164 valence electrons. The van der Waals surface area contributed by atoms with E-state index < -0.39 is 0 Å². The van der Waals surface area contributed by atoms with Crippen LogP contribution in [0.25, 0.3) is 6.08 Å². The van der Waals surface area contributed by atoms with Gasteiger partial charge in [-0.05, 0) is 67.1 Å². The summed E-state index contributed by atoms with van der Waals surface area (Å²) in [5.41, 5.74) is 4.05. The summed E-state index contributed by atoms with van der Waals surface area (Å²) in [6.45, 7) is 4.57. The minimum Gasteiger partial charge on any atom is -0.372 e. The van der Waals surface area contributed by atoms with Gasteiger partial charge in [0.25, 0.3) is 11.8 Å². The van der Waals surface area contributed by atoms with Gasteiger partial charge in [0.2, 0.25) is 0 Å². The monoisotopic (exact) mass is 445 g/mol. The smallest absolute Gasteiger partial charge is 0.268 e. The number of anilines is 1. The summed E-state index contributed by atoms with van der Waals surface area (Å²) in [6, 6.07) is 19.4. The molecule has 3 aromatic rings. The van der Waals surface area contributed by atoms with Crippen molar-refractivity contribution in [2.75, 3.05) is 18.0 Å². The standard InChI is InChI=1S/C26H27N3O2S/c1-19-6-10-21(11-7-19)25(30)28-24(17-23-5-4-16-32-23)26(31)27-18-20-8-12-22(13-9-20)29-14-2-3-15-29/h4-13,16-17H,2-3,14-15,18H2,1H3,(H,27,31)(H,28,30)/b24-17-. The maximum atomic E-state index is 12.9. The topological polar surface area (TPSA) is 61.4 Å². The maximum Gasteiger partial charge on any atom is 0.268 e. The lowest BCUT2D eigenvalue weighted by atomic mass is 10.1. The Kier molecular flexibility index (Phi) is 7.02. The lowest BCUT2D eigenvalue weighted by molar-refractivity contribution is -0.117. The largest absolute Gasteiger partial charge is 0.372 e. The van der Waals surface area contributed by atoms with Crippen molar-refractivity contribution < 1.29 is 9.59 Å². The van der Waals surface area contributed by atoms with E-state index in [1.54, 1.807) is 18.2 Å². The molecule has 2 heterocycles. The van der Waals surface area contributed by atoms with Crippen LogP contribution < -0.4 is 15.5 Å².